The topological polar surface area (TPSA) is 95.6 Å². The number of nitro benzene ring substituents is 1. The number of benzene rings is 1. The summed E-state index contributed by atoms with van der Waals surface area (Å²) in [5.74, 6) is -0.150. The van der Waals surface area contributed by atoms with Crippen molar-refractivity contribution in [1.82, 2.24) is 5.32 Å². The zero-order valence-corrected chi connectivity index (χ0v) is 8.17. The molecule has 82 valence electrons. The summed E-state index contributed by atoms with van der Waals surface area (Å²) in [7, 11) is 1.64. The number of phenolic OH excluding ortho intramolecular Hbond substituents is 1. The summed E-state index contributed by atoms with van der Waals surface area (Å²) in [6.07, 6.45) is -0.963. The van der Waals surface area contributed by atoms with Crippen LogP contribution in [0.3, 0.4) is 0 Å². The minimum atomic E-state index is -0.963. The second-order valence-electron chi connectivity index (χ2n) is 3.07. The molecule has 0 saturated heterocycles. The molecule has 0 bridgehead atoms. The minimum Gasteiger partial charge on any atom is -0.508 e. The number of non-ortho nitro benzene ring substituents is 1. The van der Waals surface area contributed by atoms with Gasteiger partial charge in [0.1, 0.15) is 5.75 Å². The van der Waals surface area contributed by atoms with Crippen LogP contribution in [0.5, 0.6) is 5.75 Å². The second kappa shape index (κ2) is 4.72. The Kier molecular flexibility index (Phi) is 3.59. The predicted octanol–water partition coefficient (Wildman–Crippen LogP) is 0.553. The van der Waals surface area contributed by atoms with Crippen LogP contribution in [0.15, 0.2) is 18.2 Å². The van der Waals surface area contributed by atoms with E-state index in [-0.39, 0.29) is 23.5 Å². The van der Waals surface area contributed by atoms with E-state index < -0.39 is 11.0 Å². The highest BCUT2D eigenvalue weighted by atomic mass is 16.6. The van der Waals surface area contributed by atoms with Gasteiger partial charge in [-0.1, -0.05) is 0 Å². The summed E-state index contributed by atoms with van der Waals surface area (Å²) < 4.78 is 0. The van der Waals surface area contributed by atoms with Gasteiger partial charge in [0.15, 0.2) is 0 Å². The van der Waals surface area contributed by atoms with Crippen molar-refractivity contribution in [2.75, 3.05) is 13.6 Å². The van der Waals surface area contributed by atoms with Crippen molar-refractivity contribution in [2.45, 2.75) is 6.10 Å². The molecule has 0 heterocycles. The molecular weight excluding hydrogens is 200 g/mol. The van der Waals surface area contributed by atoms with Crippen LogP contribution in [0.4, 0.5) is 5.69 Å². The van der Waals surface area contributed by atoms with Crippen LogP contribution in [-0.2, 0) is 0 Å². The lowest BCUT2D eigenvalue weighted by molar-refractivity contribution is -0.385. The van der Waals surface area contributed by atoms with Crippen LogP contribution in [0.25, 0.3) is 0 Å². The lowest BCUT2D eigenvalue weighted by Gasteiger charge is -2.11. The zero-order chi connectivity index (χ0) is 11.4. The van der Waals surface area contributed by atoms with Gasteiger partial charge in [-0.2, -0.15) is 0 Å². The smallest absolute Gasteiger partial charge is 0.270 e. The number of phenols is 1. The van der Waals surface area contributed by atoms with E-state index in [9.17, 15) is 20.3 Å². The highest BCUT2D eigenvalue weighted by molar-refractivity contribution is 5.44. The van der Waals surface area contributed by atoms with E-state index in [0.29, 0.717) is 0 Å². The lowest BCUT2D eigenvalue weighted by Crippen LogP contribution is -2.16. The molecule has 6 heteroatoms. The van der Waals surface area contributed by atoms with Gasteiger partial charge in [-0.15, -0.1) is 0 Å². The molecule has 0 aliphatic heterocycles. The first-order valence-corrected chi connectivity index (χ1v) is 4.36. The summed E-state index contributed by atoms with van der Waals surface area (Å²) in [4.78, 5) is 9.90. The molecule has 0 spiro atoms. The summed E-state index contributed by atoms with van der Waals surface area (Å²) in [6, 6.07) is 3.55. The fraction of sp³-hybridized carbons (Fsp3) is 0.333. The summed E-state index contributed by atoms with van der Waals surface area (Å²) in [5, 5.41) is 32.1. The SMILES string of the molecule is CNCC(O)c1cc([N+](=O)[O-])ccc1O. The molecule has 6 nitrogen and oxygen atoms in total. The van der Waals surface area contributed by atoms with Crippen molar-refractivity contribution < 1.29 is 15.1 Å². The van der Waals surface area contributed by atoms with E-state index in [2.05, 4.69) is 5.32 Å². The molecular formula is C9H12N2O4. The fourth-order valence-corrected chi connectivity index (χ4v) is 1.23. The van der Waals surface area contributed by atoms with Gasteiger partial charge in [-0.3, -0.25) is 10.1 Å². The van der Waals surface area contributed by atoms with Crippen molar-refractivity contribution in [3.8, 4) is 5.75 Å². The summed E-state index contributed by atoms with van der Waals surface area (Å²) >= 11 is 0. The van der Waals surface area contributed by atoms with Crippen molar-refractivity contribution >= 4 is 5.69 Å². The van der Waals surface area contributed by atoms with Gasteiger partial charge in [-0.05, 0) is 13.1 Å². The van der Waals surface area contributed by atoms with Crippen LogP contribution < -0.4 is 5.32 Å². The van der Waals surface area contributed by atoms with Gasteiger partial charge in [0.2, 0.25) is 0 Å². The molecule has 1 aromatic rings. The first-order valence-electron chi connectivity index (χ1n) is 4.36. The molecule has 0 aromatic heterocycles. The van der Waals surface area contributed by atoms with Crippen LogP contribution in [-0.4, -0.2) is 28.7 Å². The van der Waals surface area contributed by atoms with E-state index in [1.165, 1.54) is 12.1 Å². The molecule has 15 heavy (non-hydrogen) atoms. The monoisotopic (exact) mass is 212 g/mol. The van der Waals surface area contributed by atoms with E-state index >= 15 is 0 Å². The first-order chi connectivity index (χ1) is 7.06. The van der Waals surface area contributed by atoms with Gasteiger partial charge in [0.05, 0.1) is 11.0 Å². The van der Waals surface area contributed by atoms with Crippen molar-refractivity contribution in [3.05, 3.63) is 33.9 Å². The Hall–Kier alpha value is -1.66. The van der Waals surface area contributed by atoms with Crippen molar-refractivity contribution in [2.24, 2.45) is 0 Å². The molecule has 0 amide bonds. The lowest BCUT2D eigenvalue weighted by atomic mass is 10.1. The molecule has 0 aliphatic rings. The third-order valence-corrected chi connectivity index (χ3v) is 1.98. The number of nitrogens with zero attached hydrogens (tertiary/aromatic N) is 1. The molecule has 3 N–H and O–H groups in total. The maximum absolute atomic E-state index is 10.5. The molecule has 0 fully saturated rings. The third-order valence-electron chi connectivity index (χ3n) is 1.98. The van der Waals surface area contributed by atoms with E-state index in [4.69, 9.17) is 0 Å². The number of hydrogen-bond donors (Lipinski definition) is 3. The van der Waals surface area contributed by atoms with Crippen LogP contribution in [0, 0.1) is 10.1 Å². The molecule has 1 aromatic carbocycles. The van der Waals surface area contributed by atoms with E-state index in [1.54, 1.807) is 7.05 Å². The normalized spacial score (nSPS) is 12.4. The van der Waals surface area contributed by atoms with Gasteiger partial charge >= 0.3 is 0 Å². The minimum absolute atomic E-state index is 0.150. The number of nitrogens with one attached hydrogen (secondary N) is 1. The Bertz CT molecular complexity index is 367. The van der Waals surface area contributed by atoms with E-state index in [0.717, 1.165) is 6.07 Å². The number of hydrogen-bond acceptors (Lipinski definition) is 5. The highest BCUT2D eigenvalue weighted by Crippen LogP contribution is 2.27. The highest BCUT2D eigenvalue weighted by Gasteiger charge is 2.16. The third kappa shape index (κ3) is 2.64. The van der Waals surface area contributed by atoms with Gasteiger partial charge in [0, 0.05) is 24.2 Å². The average Bonchev–Trinajstić information content (AvgIpc) is 2.18. The Morgan fingerprint density at radius 3 is 2.80 bits per heavy atom. The molecule has 0 aliphatic carbocycles. The largest absolute Gasteiger partial charge is 0.508 e. The Morgan fingerprint density at radius 1 is 1.60 bits per heavy atom. The van der Waals surface area contributed by atoms with Crippen LogP contribution >= 0.6 is 0 Å². The van der Waals surface area contributed by atoms with Gasteiger partial charge < -0.3 is 15.5 Å². The maximum Gasteiger partial charge on any atom is 0.270 e. The van der Waals surface area contributed by atoms with Crippen LogP contribution in [0.2, 0.25) is 0 Å². The summed E-state index contributed by atoms with van der Waals surface area (Å²) in [6.45, 7) is 0.217. The standard InChI is InChI=1S/C9H12N2O4/c1-10-5-9(13)7-4-6(11(14)15)2-3-8(7)12/h2-4,9-10,12-13H,5H2,1H3. The molecule has 0 radical (unpaired) electrons. The number of nitro groups is 1. The maximum atomic E-state index is 10.5. The van der Waals surface area contributed by atoms with Gasteiger partial charge in [-0.25, -0.2) is 0 Å². The van der Waals surface area contributed by atoms with Crippen LogP contribution in [0.1, 0.15) is 11.7 Å². The number of aliphatic hydroxyl groups excluding tert-OH is 1. The second-order valence-corrected chi connectivity index (χ2v) is 3.07. The number of aromatic hydroxyl groups is 1. The number of aliphatic hydroxyl groups is 1. The van der Waals surface area contributed by atoms with Crippen molar-refractivity contribution in [1.29, 1.82) is 0 Å². The number of likely N-dealkylation sites (N-methyl/N-ethyl adjacent to an activating group) is 1. The quantitative estimate of drug-likeness (QED) is 0.500. The predicted molar refractivity (Wildman–Crippen MR) is 53.6 cm³/mol. The van der Waals surface area contributed by atoms with E-state index in [1.807, 2.05) is 0 Å². The zero-order valence-electron chi connectivity index (χ0n) is 8.17. The molecule has 1 unspecified atom stereocenters. The Labute approximate surface area is 86.3 Å². The Balaban J connectivity index is 3.04. The first kappa shape index (κ1) is 11.4. The molecule has 1 atom stereocenters. The Morgan fingerprint density at radius 2 is 2.27 bits per heavy atom. The average molecular weight is 212 g/mol. The van der Waals surface area contributed by atoms with Gasteiger partial charge in [0.25, 0.3) is 5.69 Å². The molecule has 1 rings (SSSR count). The fourth-order valence-electron chi connectivity index (χ4n) is 1.23. The molecule has 0 saturated carbocycles. The summed E-state index contributed by atoms with van der Waals surface area (Å²) in [5.41, 5.74) is -0.00324. The number of rotatable bonds is 4. The van der Waals surface area contributed by atoms with Crippen molar-refractivity contribution in [3.63, 3.8) is 0 Å².